The van der Waals surface area contributed by atoms with Gasteiger partial charge in [-0.2, -0.15) is 0 Å². The summed E-state index contributed by atoms with van der Waals surface area (Å²) in [6.07, 6.45) is 3.85. The first-order valence-electron chi connectivity index (χ1n) is 6.36. The van der Waals surface area contributed by atoms with Gasteiger partial charge in [-0.3, -0.25) is 5.32 Å². The molecule has 2 heterocycles. The lowest BCUT2D eigenvalue weighted by Gasteiger charge is -2.30. The first-order chi connectivity index (χ1) is 8.34. The maximum absolute atomic E-state index is 6.14. The molecule has 1 N–H and O–H groups in total. The molecule has 2 aromatic rings. The standard InChI is InChI=1S/C14H15ClN2/c15-10-4-5-13-12(6-10)11-3-1-2-9-7-16-8-17(13)14(9)11/h4-6,9,16H,1-3,7-8H2/t9-/m1/s1. The molecule has 0 fully saturated rings. The van der Waals surface area contributed by atoms with Crippen molar-refractivity contribution in [3.05, 3.63) is 34.5 Å². The molecular formula is C14H15ClN2. The first kappa shape index (κ1) is 9.98. The number of nitrogens with zero attached hydrogens (tertiary/aromatic N) is 1. The highest BCUT2D eigenvalue weighted by Crippen LogP contribution is 2.40. The van der Waals surface area contributed by atoms with Crippen LogP contribution in [0.4, 0.5) is 0 Å². The van der Waals surface area contributed by atoms with Crippen molar-refractivity contribution in [2.45, 2.75) is 31.8 Å². The Morgan fingerprint density at radius 3 is 3.24 bits per heavy atom. The SMILES string of the molecule is Clc1ccc2c(c1)c1c3n2CNC[C@H]3CCC1. The number of hydrogen-bond donors (Lipinski definition) is 1. The van der Waals surface area contributed by atoms with Crippen molar-refractivity contribution >= 4 is 22.5 Å². The molecule has 3 heteroatoms. The maximum atomic E-state index is 6.14. The third-order valence-corrected chi connectivity index (χ3v) is 4.44. The van der Waals surface area contributed by atoms with Gasteiger partial charge >= 0.3 is 0 Å². The van der Waals surface area contributed by atoms with Gasteiger partial charge in [-0.15, -0.1) is 0 Å². The second-order valence-corrected chi connectivity index (χ2v) is 5.59. The Kier molecular flexibility index (Phi) is 2.06. The topological polar surface area (TPSA) is 17.0 Å². The quantitative estimate of drug-likeness (QED) is 0.755. The van der Waals surface area contributed by atoms with E-state index in [0.717, 1.165) is 18.2 Å². The number of hydrogen-bond acceptors (Lipinski definition) is 1. The lowest BCUT2D eigenvalue weighted by Crippen LogP contribution is -2.34. The lowest BCUT2D eigenvalue weighted by atomic mass is 9.86. The van der Waals surface area contributed by atoms with Gasteiger partial charge in [0.25, 0.3) is 0 Å². The molecule has 1 atom stereocenters. The van der Waals surface area contributed by atoms with Crippen molar-refractivity contribution in [2.75, 3.05) is 6.54 Å². The number of fused-ring (bicyclic) bond motifs is 3. The summed E-state index contributed by atoms with van der Waals surface area (Å²) in [6.45, 7) is 2.08. The van der Waals surface area contributed by atoms with E-state index < -0.39 is 0 Å². The van der Waals surface area contributed by atoms with Crippen LogP contribution in [-0.4, -0.2) is 11.1 Å². The summed E-state index contributed by atoms with van der Waals surface area (Å²) in [5.74, 6) is 0.707. The van der Waals surface area contributed by atoms with Crippen molar-refractivity contribution in [3.8, 4) is 0 Å². The van der Waals surface area contributed by atoms with Crippen LogP contribution in [0.1, 0.15) is 30.0 Å². The maximum Gasteiger partial charge on any atom is 0.0729 e. The van der Waals surface area contributed by atoms with Crippen molar-refractivity contribution in [1.82, 2.24) is 9.88 Å². The summed E-state index contributed by atoms with van der Waals surface area (Å²) < 4.78 is 2.45. The second kappa shape index (κ2) is 3.50. The molecule has 0 radical (unpaired) electrons. The van der Waals surface area contributed by atoms with Crippen LogP contribution in [0, 0.1) is 0 Å². The highest BCUT2D eigenvalue weighted by molar-refractivity contribution is 6.31. The van der Waals surface area contributed by atoms with Gasteiger partial charge in [0, 0.05) is 34.1 Å². The molecule has 1 aromatic carbocycles. The van der Waals surface area contributed by atoms with Crippen molar-refractivity contribution in [2.24, 2.45) is 0 Å². The van der Waals surface area contributed by atoms with Crippen molar-refractivity contribution in [3.63, 3.8) is 0 Å². The average molecular weight is 247 g/mol. The fraction of sp³-hybridized carbons (Fsp3) is 0.429. The fourth-order valence-corrected chi connectivity index (χ4v) is 3.70. The second-order valence-electron chi connectivity index (χ2n) is 5.15. The Labute approximate surface area is 106 Å². The molecule has 2 aliphatic rings. The minimum absolute atomic E-state index is 0.707. The summed E-state index contributed by atoms with van der Waals surface area (Å²) in [6, 6.07) is 6.31. The summed E-state index contributed by atoms with van der Waals surface area (Å²) in [4.78, 5) is 0. The zero-order chi connectivity index (χ0) is 11.4. The van der Waals surface area contributed by atoms with E-state index in [1.165, 1.54) is 30.2 Å². The van der Waals surface area contributed by atoms with Crippen LogP contribution in [0.25, 0.3) is 10.9 Å². The Morgan fingerprint density at radius 1 is 1.35 bits per heavy atom. The molecule has 0 spiro atoms. The van der Waals surface area contributed by atoms with Gasteiger partial charge in [-0.1, -0.05) is 11.6 Å². The minimum atomic E-state index is 0.707. The molecule has 1 aliphatic carbocycles. The van der Waals surface area contributed by atoms with Crippen LogP contribution in [0.2, 0.25) is 5.02 Å². The molecule has 2 nitrogen and oxygen atoms in total. The molecule has 0 bridgehead atoms. The minimum Gasteiger partial charge on any atom is -0.331 e. The van der Waals surface area contributed by atoms with Crippen LogP contribution >= 0.6 is 11.6 Å². The molecule has 1 aromatic heterocycles. The molecule has 0 saturated carbocycles. The van der Waals surface area contributed by atoms with Crippen LogP contribution in [-0.2, 0) is 13.1 Å². The molecule has 0 unspecified atom stereocenters. The van der Waals surface area contributed by atoms with Crippen molar-refractivity contribution < 1.29 is 0 Å². The van der Waals surface area contributed by atoms with Gasteiger partial charge in [0.05, 0.1) is 6.67 Å². The highest BCUT2D eigenvalue weighted by atomic mass is 35.5. The number of aryl methyl sites for hydroxylation is 1. The number of aromatic nitrogens is 1. The van der Waals surface area contributed by atoms with Gasteiger partial charge in [-0.25, -0.2) is 0 Å². The van der Waals surface area contributed by atoms with E-state index in [-0.39, 0.29) is 0 Å². The Bertz CT molecular complexity index is 598. The van der Waals surface area contributed by atoms with Gasteiger partial charge in [0.1, 0.15) is 0 Å². The number of halogens is 1. The predicted molar refractivity (Wildman–Crippen MR) is 70.6 cm³/mol. The van der Waals surface area contributed by atoms with Crippen LogP contribution in [0.3, 0.4) is 0 Å². The van der Waals surface area contributed by atoms with E-state index in [0.29, 0.717) is 5.92 Å². The van der Waals surface area contributed by atoms with Gasteiger partial charge < -0.3 is 4.57 Å². The van der Waals surface area contributed by atoms with E-state index in [4.69, 9.17) is 11.6 Å². The molecular weight excluding hydrogens is 232 g/mol. The Hall–Kier alpha value is -0.990. The Morgan fingerprint density at radius 2 is 2.29 bits per heavy atom. The van der Waals surface area contributed by atoms with Gasteiger partial charge in [-0.05, 0) is 43.0 Å². The average Bonchev–Trinajstić information content (AvgIpc) is 2.67. The Balaban J connectivity index is 2.11. The number of rotatable bonds is 0. The first-order valence-corrected chi connectivity index (χ1v) is 6.73. The van der Waals surface area contributed by atoms with E-state index in [1.807, 2.05) is 6.07 Å². The van der Waals surface area contributed by atoms with Gasteiger partial charge in [0.15, 0.2) is 0 Å². The van der Waals surface area contributed by atoms with Crippen LogP contribution in [0.5, 0.6) is 0 Å². The van der Waals surface area contributed by atoms with E-state index in [9.17, 15) is 0 Å². The zero-order valence-electron chi connectivity index (χ0n) is 9.67. The van der Waals surface area contributed by atoms with Crippen LogP contribution < -0.4 is 5.32 Å². The van der Waals surface area contributed by atoms with Crippen LogP contribution in [0.15, 0.2) is 18.2 Å². The predicted octanol–water partition coefficient (Wildman–Crippen LogP) is 3.28. The van der Waals surface area contributed by atoms with E-state index in [1.54, 1.807) is 11.3 Å². The number of nitrogens with one attached hydrogen (secondary N) is 1. The molecule has 0 saturated heterocycles. The smallest absolute Gasteiger partial charge is 0.0729 e. The van der Waals surface area contributed by atoms with Crippen molar-refractivity contribution in [1.29, 1.82) is 0 Å². The molecule has 17 heavy (non-hydrogen) atoms. The zero-order valence-corrected chi connectivity index (χ0v) is 10.4. The third kappa shape index (κ3) is 1.31. The summed E-state index contributed by atoms with van der Waals surface area (Å²) >= 11 is 6.14. The largest absolute Gasteiger partial charge is 0.331 e. The molecule has 1 aliphatic heterocycles. The molecule has 88 valence electrons. The van der Waals surface area contributed by atoms with E-state index >= 15 is 0 Å². The number of benzene rings is 1. The lowest BCUT2D eigenvalue weighted by molar-refractivity contribution is 0.402. The summed E-state index contributed by atoms with van der Waals surface area (Å²) in [7, 11) is 0. The summed E-state index contributed by atoms with van der Waals surface area (Å²) in [5.41, 5.74) is 4.48. The normalized spacial score (nSPS) is 22.8. The third-order valence-electron chi connectivity index (χ3n) is 4.20. The van der Waals surface area contributed by atoms with E-state index in [2.05, 4.69) is 22.0 Å². The fourth-order valence-electron chi connectivity index (χ4n) is 3.53. The molecule has 0 amide bonds. The van der Waals surface area contributed by atoms with Gasteiger partial charge in [0.2, 0.25) is 0 Å². The molecule has 4 rings (SSSR count). The monoisotopic (exact) mass is 246 g/mol. The summed E-state index contributed by atoms with van der Waals surface area (Å²) in [5, 5.41) is 5.76. The highest BCUT2D eigenvalue weighted by Gasteiger charge is 2.29.